The van der Waals surface area contributed by atoms with Crippen molar-refractivity contribution >= 4 is 23.3 Å². The number of likely N-dealkylation sites (tertiary alicyclic amines) is 1. The molecule has 2 aromatic carbocycles. The highest BCUT2D eigenvalue weighted by Crippen LogP contribution is 2.39. The molecule has 2 aromatic heterocycles. The van der Waals surface area contributed by atoms with E-state index in [0.717, 1.165) is 71.7 Å². The Morgan fingerprint density at radius 3 is 2.53 bits per heavy atom. The van der Waals surface area contributed by atoms with E-state index in [1.54, 1.807) is 0 Å². The fourth-order valence-electron chi connectivity index (χ4n) is 6.40. The number of hydrogen-bond donors (Lipinski definition) is 2. The molecule has 0 unspecified atom stereocenters. The third-order valence-electron chi connectivity index (χ3n) is 8.80. The highest BCUT2D eigenvalue weighted by molar-refractivity contribution is 5.90. The Morgan fingerprint density at radius 2 is 1.80 bits per heavy atom. The van der Waals surface area contributed by atoms with Crippen molar-refractivity contribution in [1.82, 2.24) is 24.8 Å². The number of nitrogens with one attached hydrogen (secondary N) is 2. The minimum Gasteiger partial charge on any atom is -0.484 e. The molecule has 3 heterocycles. The van der Waals surface area contributed by atoms with Crippen LogP contribution in [0.25, 0.3) is 5.65 Å². The molecular formula is C35H42N6O4. The van der Waals surface area contributed by atoms with Crippen LogP contribution in [-0.2, 0) is 21.6 Å². The molecule has 0 radical (unpaired) electrons. The summed E-state index contributed by atoms with van der Waals surface area (Å²) in [6.07, 6.45) is 5.53. The van der Waals surface area contributed by atoms with Crippen LogP contribution in [0, 0.1) is 0 Å². The van der Waals surface area contributed by atoms with Crippen molar-refractivity contribution in [3.63, 3.8) is 0 Å². The van der Waals surface area contributed by atoms with Gasteiger partial charge < -0.3 is 20.1 Å². The zero-order valence-electron chi connectivity index (χ0n) is 26.7. The van der Waals surface area contributed by atoms with E-state index in [4.69, 9.17) is 9.47 Å². The lowest BCUT2D eigenvalue weighted by Crippen LogP contribution is -2.35. The van der Waals surface area contributed by atoms with Crippen LogP contribution in [0.4, 0.5) is 10.5 Å². The van der Waals surface area contributed by atoms with Gasteiger partial charge in [0.05, 0.1) is 18.3 Å². The fourth-order valence-corrected chi connectivity index (χ4v) is 6.40. The molecule has 0 saturated carbocycles. The molecule has 2 N–H and O–H groups in total. The Bertz CT molecular complexity index is 1710. The standard InChI is InChI=1S/C35H42N6O4/c1-22(42)44-21-23-17-24(35(2,3)4)19-25(18-23)36-34(43)37-29-13-14-31(28-10-7-6-9-27(28)29)45-26-12-15-32-38-39-33(41(32)20-26)30-11-8-16-40(30)5/h6-7,9-10,12,15,17-20,29-31H,8,11,13-14,16,21H2,1-5H3,(H2,36,37,43)/t29-,30-,31+/m0/s1. The van der Waals surface area contributed by atoms with Gasteiger partial charge in [0.25, 0.3) is 0 Å². The van der Waals surface area contributed by atoms with E-state index in [1.165, 1.54) is 6.92 Å². The number of ether oxygens (including phenoxy) is 2. The van der Waals surface area contributed by atoms with Crippen molar-refractivity contribution in [2.45, 2.75) is 83.6 Å². The third-order valence-corrected chi connectivity index (χ3v) is 8.80. The van der Waals surface area contributed by atoms with E-state index >= 15 is 0 Å². The summed E-state index contributed by atoms with van der Waals surface area (Å²) in [5, 5.41) is 15.1. The van der Waals surface area contributed by atoms with E-state index in [1.807, 2.05) is 48.7 Å². The minimum atomic E-state index is -0.345. The maximum absolute atomic E-state index is 13.3. The van der Waals surface area contributed by atoms with Gasteiger partial charge in [-0.05, 0) is 91.2 Å². The van der Waals surface area contributed by atoms with Gasteiger partial charge in [0, 0.05) is 12.6 Å². The van der Waals surface area contributed by atoms with E-state index < -0.39 is 0 Å². The topological polar surface area (TPSA) is 110 Å². The number of aromatic nitrogens is 3. The molecular weight excluding hydrogens is 568 g/mol. The molecule has 45 heavy (non-hydrogen) atoms. The third kappa shape index (κ3) is 6.81. The largest absolute Gasteiger partial charge is 0.484 e. The van der Waals surface area contributed by atoms with Crippen molar-refractivity contribution in [2.75, 3.05) is 18.9 Å². The number of urea groups is 1. The van der Waals surface area contributed by atoms with Crippen LogP contribution >= 0.6 is 0 Å². The summed E-state index contributed by atoms with van der Waals surface area (Å²) in [5.41, 5.74) is 5.28. The van der Waals surface area contributed by atoms with Crippen LogP contribution in [0.15, 0.2) is 60.8 Å². The number of amides is 2. The van der Waals surface area contributed by atoms with Gasteiger partial charge in [-0.3, -0.25) is 14.1 Å². The lowest BCUT2D eigenvalue weighted by molar-refractivity contribution is -0.142. The van der Waals surface area contributed by atoms with Crippen molar-refractivity contribution in [3.8, 4) is 5.75 Å². The zero-order valence-corrected chi connectivity index (χ0v) is 26.7. The average Bonchev–Trinajstić information content (AvgIpc) is 3.62. The van der Waals surface area contributed by atoms with E-state index in [9.17, 15) is 9.59 Å². The summed E-state index contributed by atoms with van der Waals surface area (Å²) >= 11 is 0. The molecule has 0 spiro atoms. The minimum absolute atomic E-state index is 0.149. The second-order valence-electron chi connectivity index (χ2n) is 13.2. The number of esters is 1. The van der Waals surface area contributed by atoms with Gasteiger partial charge in [-0.25, -0.2) is 4.79 Å². The molecule has 2 aliphatic rings. The molecule has 1 aliphatic heterocycles. The average molecular weight is 611 g/mol. The summed E-state index contributed by atoms with van der Waals surface area (Å²) < 4.78 is 13.9. The maximum atomic E-state index is 13.3. The number of carbonyl (C=O) groups excluding carboxylic acids is 2. The number of rotatable bonds is 7. The molecule has 6 rings (SSSR count). The molecule has 1 saturated heterocycles. The van der Waals surface area contributed by atoms with Crippen LogP contribution in [0.2, 0.25) is 0 Å². The van der Waals surface area contributed by atoms with E-state index in [0.29, 0.717) is 5.69 Å². The van der Waals surface area contributed by atoms with Gasteiger partial charge in [-0.1, -0.05) is 51.1 Å². The Morgan fingerprint density at radius 1 is 1.00 bits per heavy atom. The lowest BCUT2D eigenvalue weighted by atomic mass is 9.85. The van der Waals surface area contributed by atoms with Crippen LogP contribution in [-0.4, -0.2) is 45.1 Å². The molecule has 3 atom stereocenters. The molecule has 10 heteroatoms. The molecule has 236 valence electrons. The van der Waals surface area contributed by atoms with Crippen LogP contribution in [0.5, 0.6) is 5.75 Å². The van der Waals surface area contributed by atoms with Crippen LogP contribution in [0.1, 0.15) is 99.6 Å². The van der Waals surface area contributed by atoms with Gasteiger partial charge in [0.15, 0.2) is 11.5 Å². The van der Waals surface area contributed by atoms with Gasteiger partial charge in [0.2, 0.25) is 0 Å². The molecule has 10 nitrogen and oxygen atoms in total. The van der Waals surface area contributed by atoms with Crippen molar-refractivity contribution in [3.05, 3.63) is 88.9 Å². The number of carbonyl (C=O) groups is 2. The fraction of sp³-hybridized carbons (Fsp3) is 0.429. The SMILES string of the molecule is CC(=O)OCc1cc(NC(=O)N[C@H]2CC[C@@H](Oc3ccc4nnc([C@@H]5CCCN5C)n4c3)c3ccccc32)cc(C(C)(C)C)c1. The Labute approximate surface area is 264 Å². The number of fused-ring (bicyclic) bond motifs is 2. The van der Waals surface area contributed by atoms with Gasteiger partial charge in [-0.15, -0.1) is 10.2 Å². The van der Waals surface area contributed by atoms with Crippen molar-refractivity contribution < 1.29 is 19.1 Å². The monoisotopic (exact) mass is 610 g/mol. The van der Waals surface area contributed by atoms with Crippen molar-refractivity contribution in [1.29, 1.82) is 0 Å². The highest BCUT2D eigenvalue weighted by Gasteiger charge is 2.31. The first-order chi connectivity index (χ1) is 21.5. The number of anilines is 1. The van der Waals surface area contributed by atoms with Crippen LogP contribution < -0.4 is 15.4 Å². The second kappa shape index (κ2) is 12.5. The Balaban J connectivity index is 1.17. The van der Waals surface area contributed by atoms with Crippen molar-refractivity contribution in [2.24, 2.45) is 0 Å². The van der Waals surface area contributed by atoms with Crippen LogP contribution in [0.3, 0.4) is 0 Å². The predicted octanol–water partition coefficient (Wildman–Crippen LogP) is 6.63. The predicted molar refractivity (Wildman–Crippen MR) is 172 cm³/mol. The first-order valence-corrected chi connectivity index (χ1v) is 15.7. The lowest BCUT2D eigenvalue weighted by Gasteiger charge is -2.32. The number of hydrogen-bond acceptors (Lipinski definition) is 7. The summed E-state index contributed by atoms with van der Waals surface area (Å²) in [6.45, 7) is 8.92. The van der Waals surface area contributed by atoms with E-state index in [-0.39, 0.29) is 42.2 Å². The number of nitrogens with zero attached hydrogens (tertiary/aromatic N) is 4. The summed E-state index contributed by atoms with van der Waals surface area (Å²) in [6, 6.07) is 17.7. The van der Waals surface area contributed by atoms with Gasteiger partial charge in [0.1, 0.15) is 18.5 Å². The number of benzene rings is 2. The molecule has 1 fully saturated rings. The zero-order chi connectivity index (χ0) is 31.7. The Hall–Kier alpha value is -4.44. The maximum Gasteiger partial charge on any atom is 0.319 e. The molecule has 0 bridgehead atoms. The number of pyridine rings is 1. The Kier molecular flexibility index (Phi) is 8.50. The normalized spacial score (nSPS) is 20.1. The highest BCUT2D eigenvalue weighted by atomic mass is 16.5. The summed E-state index contributed by atoms with van der Waals surface area (Å²) in [4.78, 5) is 27.0. The van der Waals surface area contributed by atoms with Gasteiger partial charge >= 0.3 is 12.0 Å². The molecule has 4 aromatic rings. The quantitative estimate of drug-likeness (QED) is 0.226. The first kappa shape index (κ1) is 30.6. The smallest absolute Gasteiger partial charge is 0.319 e. The van der Waals surface area contributed by atoms with Gasteiger partial charge in [-0.2, -0.15) is 0 Å². The summed E-state index contributed by atoms with van der Waals surface area (Å²) in [5.74, 6) is 1.36. The summed E-state index contributed by atoms with van der Waals surface area (Å²) in [7, 11) is 2.13. The first-order valence-electron chi connectivity index (χ1n) is 15.7. The second-order valence-corrected chi connectivity index (χ2v) is 13.2. The molecule has 2 amide bonds. The molecule has 1 aliphatic carbocycles. The van der Waals surface area contributed by atoms with E-state index in [2.05, 4.69) is 70.1 Å².